The number of anilines is 2. The van der Waals surface area contributed by atoms with E-state index >= 15 is 0 Å². The van der Waals surface area contributed by atoms with Gasteiger partial charge < -0.3 is 19.3 Å². The van der Waals surface area contributed by atoms with Crippen molar-refractivity contribution in [2.75, 3.05) is 29.6 Å². The molecule has 0 spiro atoms. The number of rotatable bonds is 5. The predicted molar refractivity (Wildman–Crippen MR) is 117 cm³/mol. The zero-order valence-corrected chi connectivity index (χ0v) is 18.9. The molecule has 2 aliphatic rings. The Hall–Kier alpha value is -2.82. The Morgan fingerprint density at radius 3 is 2.76 bits per heavy atom. The van der Waals surface area contributed by atoms with Crippen molar-refractivity contribution < 1.29 is 22.6 Å². The SMILES string of the molecule is CC(C)Oc1cc(CN2c3nc(N4CCOCC4C)cc(=O)n3CCC2C(F)(F)F)ccn1. The second-order valence-electron chi connectivity index (χ2n) is 8.66. The van der Waals surface area contributed by atoms with Gasteiger partial charge in [0.2, 0.25) is 11.8 Å². The number of hydrogen-bond acceptors (Lipinski definition) is 7. The number of morpholine rings is 1. The normalized spacial score (nSPS) is 21.3. The van der Waals surface area contributed by atoms with Crippen LogP contribution in [0.5, 0.6) is 5.88 Å². The summed E-state index contributed by atoms with van der Waals surface area (Å²) >= 11 is 0. The van der Waals surface area contributed by atoms with Crippen LogP contribution in [0, 0.1) is 0 Å². The second-order valence-corrected chi connectivity index (χ2v) is 8.66. The van der Waals surface area contributed by atoms with Gasteiger partial charge in [-0.1, -0.05) is 0 Å². The Kier molecular flexibility index (Phi) is 6.51. The van der Waals surface area contributed by atoms with Gasteiger partial charge in [-0.25, -0.2) is 4.98 Å². The third-order valence-electron chi connectivity index (χ3n) is 5.78. The number of halogens is 3. The standard InChI is InChI=1S/C22H28F3N5O3/c1-14(2)33-19-10-16(4-6-26-19)12-30-17(22(23,24)25)5-7-29-20(31)11-18(27-21(29)30)28-8-9-32-13-15(28)3/h4,6,10-11,14-15,17H,5,7-9,12-13H2,1-3H3. The van der Waals surface area contributed by atoms with E-state index in [-0.39, 0.29) is 43.2 Å². The van der Waals surface area contributed by atoms with E-state index in [2.05, 4.69) is 9.97 Å². The zero-order chi connectivity index (χ0) is 23.8. The lowest BCUT2D eigenvalue weighted by Gasteiger charge is -2.40. The van der Waals surface area contributed by atoms with E-state index in [9.17, 15) is 18.0 Å². The molecule has 2 aromatic rings. The maximum absolute atomic E-state index is 14.0. The Morgan fingerprint density at radius 1 is 1.27 bits per heavy atom. The van der Waals surface area contributed by atoms with E-state index in [4.69, 9.17) is 9.47 Å². The second kappa shape index (κ2) is 9.20. The molecule has 2 aliphatic heterocycles. The fourth-order valence-corrected chi connectivity index (χ4v) is 4.25. The summed E-state index contributed by atoms with van der Waals surface area (Å²) < 4.78 is 54.5. The first-order valence-corrected chi connectivity index (χ1v) is 11.0. The highest BCUT2D eigenvalue weighted by Gasteiger charge is 2.47. The van der Waals surface area contributed by atoms with Gasteiger partial charge in [0.15, 0.2) is 0 Å². The van der Waals surface area contributed by atoms with Crippen molar-refractivity contribution in [2.45, 2.75) is 64.6 Å². The van der Waals surface area contributed by atoms with Gasteiger partial charge in [-0.05, 0) is 38.8 Å². The minimum atomic E-state index is -4.48. The van der Waals surface area contributed by atoms with E-state index in [1.807, 2.05) is 25.7 Å². The van der Waals surface area contributed by atoms with E-state index in [0.717, 1.165) is 0 Å². The Labute approximate surface area is 189 Å². The molecule has 2 unspecified atom stereocenters. The number of nitrogens with zero attached hydrogens (tertiary/aromatic N) is 5. The van der Waals surface area contributed by atoms with E-state index in [1.165, 1.54) is 21.7 Å². The molecule has 2 aromatic heterocycles. The van der Waals surface area contributed by atoms with E-state index in [1.54, 1.807) is 12.1 Å². The van der Waals surface area contributed by atoms with E-state index in [0.29, 0.717) is 37.0 Å². The van der Waals surface area contributed by atoms with Crippen molar-refractivity contribution >= 4 is 11.8 Å². The van der Waals surface area contributed by atoms with Gasteiger partial charge in [-0.2, -0.15) is 18.2 Å². The van der Waals surface area contributed by atoms with Gasteiger partial charge in [-0.3, -0.25) is 9.36 Å². The largest absolute Gasteiger partial charge is 0.475 e. The van der Waals surface area contributed by atoms with Crippen LogP contribution < -0.4 is 20.1 Å². The molecule has 4 heterocycles. The van der Waals surface area contributed by atoms with Crippen molar-refractivity contribution in [2.24, 2.45) is 0 Å². The van der Waals surface area contributed by atoms with Gasteiger partial charge in [0, 0.05) is 38.0 Å². The van der Waals surface area contributed by atoms with Gasteiger partial charge >= 0.3 is 6.18 Å². The van der Waals surface area contributed by atoms with Gasteiger partial charge in [0.05, 0.1) is 25.4 Å². The number of aromatic nitrogens is 3. The lowest BCUT2D eigenvalue weighted by molar-refractivity contribution is -0.153. The van der Waals surface area contributed by atoms with Crippen molar-refractivity contribution in [1.29, 1.82) is 0 Å². The first-order chi connectivity index (χ1) is 15.6. The van der Waals surface area contributed by atoms with Crippen LogP contribution in [0.1, 0.15) is 32.8 Å². The highest BCUT2D eigenvalue weighted by molar-refractivity contribution is 5.48. The van der Waals surface area contributed by atoms with Crippen LogP contribution in [-0.2, 0) is 17.8 Å². The highest BCUT2D eigenvalue weighted by Crippen LogP contribution is 2.35. The predicted octanol–water partition coefficient (Wildman–Crippen LogP) is 2.99. The monoisotopic (exact) mass is 467 g/mol. The molecule has 8 nitrogen and oxygen atoms in total. The van der Waals surface area contributed by atoms with Crippen molar-refractivity contribution in [1.82, 2.24) is 14.5 Å². The third-order valence-corrected chi connectivity index (χ3v) is 5.78. The van der Waals surface area contributed by atoms with Crippen LogP contribution in [0.3, 0.4) is 0 Å². The van der Waals surface area contributed by atoms with Crippen molar-refractivity contribution in [3.05, 3.63) is 40.3 Å². The number of ether oxygens (including phenoxy) is 2. The smallest absolute Gasteiger partial charge is 0.408 e. The summed E-state index contributed by atoms with van der Waals surface area (Å²) in [6, 6.07) is 2.87. The van der Waals surface area contributed by atoms with Crippen LogP contribution in [0.4, 0.5) is 24.9 Å². The molecule has 11 heteroatoms. The lowest BCUT2D eigenvalue weighted by atomic mass is 10.1. The first-order valence-electron chi connectivity index (χ1n) is 11.0. The molecule has 1 fully saturated rings. The molecule has 0 radical (unpaired) electrons. The maximum Gasteiger partial charge on any atom is 0.408 e. The summed E-state index contributed by atoms with van der Waals surface area (Å²) in [7, 11) is 0. The number of fused-ring (bicyclic) bond motifs is 1. The highest BCUT2D eigenvalue weighted by atomic mass is 19.4. The molecule has 33 heavy (non-hydrogen) atoms. The van der Waals surface area contributed by atoms with Crippen LogP contribution >= 0.6 is 0 Å². The van der Waals surface area contributed by atoms with Gasteiger partial charge in [0.25, 0.3) is 5.56 Å². The minimum Gasteiger partial charge on any atom is -0.475 e. The summed E-state index contributed by atoms with van der Waals surface area (Å²) in [5, 5.41) is 0. The Morgan fingerprint density at radius 2 is 2.06 bits per heavy atom. The average molecular weight is 467 g/mol. The lowest BCUT2D eigenvalue weighted by Crippen LogP contribution is -2.52. The van der Waals surface area contributed by atoms with Crippen LogP contribution in [0.25, 0.3) is 0 Å². The molecular formula is C22H28F3N5O3. The van der Waals surface area contributed by atoms with Crippen LogP contribution in [0.2, 0.25) is 0 Å². The average Bonchev–Trinajstić information content (AvgIpc) is 2.73. The Balaban J connectivity index is 1.75. The third kappa shape index (κ3) is 5.07. The maximum atomic E-state index is 14.0. The summed E-state index contributed by atoms with van der Waals surface area (Å²) in [4.78, 5) is 24.7. The van der Waals surface area contributed by atoms with Crippen LogP contribution in [0.15, 0.2) is 29.2 Å². The van der Waals surface area contributed by atoms with Gasteiger partial charge in [0.1, 0.15) is 11.9 Å². The summed E-state index contributed by atoms with van der Waals surface area (Å²) in [5.41, 5.74) is 0.223. The zero-order valence-electron chi connectivity index (χ0n) is 18.9. The van der Waals surface area contributed by atoms with Crippen molar-refractivity contribution in [3.8, 4) is 5.88 Å². The molecule has 0 N–H and O–H groups in total. The summed E-state index contributed by atoms with van der Waals surface area (Å²) in [6.45, 7) is 6.94. The summed E-state index contributed by atoms with van der Waals surface area (Å²) in [6.07, 6.45) is -3.32. The molecule has 180 valence electrons. The molecule has 2 atom stereocenters. The van der Waals surface area contributed by atoms with Crippen LogP contribution in [-0.4, -0.2) is 58.7 Å². The van der Waals surface area contributed by atoms with Crippen molar-refractivity contribution in [3.63, 3.8) is 0 Å². The fraction of sp³-hybridized carbons (Fsp3) is 0.591. The molecule has 0 amide bonds. The molecule has 4 rings (SSSR count). The number of pyridine rings is 1. The number of hydrogen-bond donors (Lipinski definition) is 0. The molecule has 1 saturated heterocycles. The summed E-state index contributed by atoms with van der Waals surface area (Å²) in [5.74, 6) is 0.727. The first kappa shape index (κ1) is 23.3. The van der Waals surface area contributed by atoms with Gasteiger partial charge in [-0.15, -0.1) is 0 Å². The minimum absolute atomic E-state index is 0.0212. The molecule has 0 aromatic carbocycles. The molecule has 0 bridgehead atoms. The Bertz CT molecular complexity index is 1040. The van der Waals surface area contributed by atoms with E-state index < -0.39 is 12.2 Å². The molecule has 0 aliphatic carbocycles. The molecular weight excluding hydrogens is 439 g/mol. The topological polar surface area (TPSA) is 72.7 Å². The quantitative estimate of drug-likeness (QED) is 0.670. The number of alkyl halides is 3. The fourth-order valence-electron chi connectivity index (χ4n) is 4.25. The molecule has 0 saturated carbocycles.